The van der Waals surface area contributed by atoms with Crippen molar-refractivity contribution in [1.29, 1.82) is 0 Å². The number of hydrogen-bond acceptors (Lipinski definition) is 8. The number of anilines is 2. The molecule has 0 aliphatic carbocycles. The van der Waals surface area contributed by atoms with E-state index in [1.807, 2.05) is 5.38 Å². The van der Waals surface area contributed by atoms with Crippen LogP contribution in [0.4, 0.5) is 10.9 Å². The number of nitrogens with one attached hydrogen (secondary N) is 2. The molecule has 1 fully saturated rings. The summed E-state index contributed by atoms with van der Waals surface area (Å²) in [6, 6.07) is 6.00. The van der Waals surface area contributed by atoms with Gasteiger partial charge in [0, 0.05) is 43.2 Å². The smallest absolute Gasteiger partial charge is 0.240 e. The quantitative estimate of drug-likeness (QED) is 0.533. The number of piperazine rings is 1. The van der Waals surface area contributed by atoms with E-state index in [9.17, 15) is 9.59 Å². The molecule has 180 valence electrons. The molecule has 0 unspecified atom stereocenters. The highest BCUT2D eigenvalue weighted by Gasteiger charge is 2.21. The number of rotatable bonds is 7. The molecular weight excluding hydrogens is 452 g/mol. The van der Waals surface area contributed by atoms with Gasteiger partial charge in [0.15, 0.2) is 10.9 Å². The van der Waals surface area contributed by atoms with Gasteiger partial charge in [-0.25, -0.2) is 4.98 Å². The molecule has 2 aromatic heterocycles. The molecule has 0 atom stereocenters. The fourth-order valence-corrected chi connectivity index (χ4v) is 4.70. The van der Waals surface area contributed by atoms with Crippen LogP contribution in [0.25, 0.3) is 11.3 Å². The van der Waals surface area contributed by atoms with Crippen LogP contribution in [0.1, 0.15) is 22.5 Å². The summed E-state index contributed by atoms with van der Waals surface area (Å²) < 4.78 is 4.96. The highest BCUT2D eigenvalue weighted by molar-refractivity contribution is 7.14. The lowest BCUT2D eigenvalue weighted by Gasteiger charge is -2.33. The van der Waals surface area contributed by atoms with Crippen LogP contribution in [0.15, 0.2) is 28.1 Å². The van der Waals surface area contributed by atoms with Gasteiger partial charge in [-0.2, -0.15) is 0 Å². The fraction of sp³-hybridized carbons (Fsp3) is 0.417. The van der Waals surface area contributed by atoms with Crippen molar-refractivity contribution in [3.05, 3.63) is 46.0 Å². The molecule has 3 aromatic rings. The van der Waals surface area contributed by atoms with Crippen LogP contribution in [0.2, 0.25) is 0 Å². The lowest BCUT2D eigenvalue weighted by Crippen LogP contribution is -2.50. The maximum absolute atomic E-state index is 12.6. The number of aryl methyl sites for hydroxylation is 4. The van der Waals surface area contributed by atoms with Crippen molar-refractivity contribution in [2.75, 3.05) is 49.9 Å². The second kappa shape index (κ2) is 10.5. The average molecular weight is 483 g/mol. The molecule has 2 N–H and O–H groups in total. The van der Waals surface area contributed by atoms with E-state index < -0.39 is 0 Å². The SMILES string of the molecule is Cc1cc(NC(=O)CN2CCN(CC(=O)Nc3nc(-c4cc(C)c(C)cc4C)cs3)CC2)no1. The largest absolute Gasteiger partial charge is 0.360 e. The summed E-state index contributed by atoms with van der Waals surface area (Å²) >= 11 is 1.44. The van der Waals surface area contributed by atoms with Crippen LogP contribution in [0.5, 0.6) is 0 Å². The van der Waals surface area contributed by atoms with Gasteiger partial charge < -0.3 is 15.2 Å². The molecule has 0 saturated carbocycles. The predicted molar refractivity (Wildman–Crippen MR) is 133 cm³/mol. The van der Waals surface area contributed by atoms with Gasteiger partial charge in [0.25, 0.3) is 0 Å². The Labute approximate surface area is 203 Å². The monoisotopic (exact) mass is 482 g/mol. The lowest BCUT2D eigenvalue weighted by atomic mass is 9.99. The van der Waals surface area contributed by atoms with Gasteiger partial charge >= 0.3 is 0 Å². The molecule has 34 heavy (non-hydrogen) atoms. The minimum absolute atomic E-state index is 0.0784. The second-order valence-corrected chi connectivity index (χ2v) is 9.62. The van der Waals surface area contributed by atoms with Crippen molar-refractivity contribution < 1.29 is 14.1 Å². The van der Waals surface area contributed by atoms with Gasteiger partial charge in [0.1, 0.15) is 5.76 Å². The molecule has 1 aliphatic rings. The van der Waals surface area contributed by atoms with E-state index in [0.29, 0.717) is 49.4 Å². The number of carbonyl (C=O) groups is 2. The Balaban J connectivity index is 1.23. The van der Waals surface area contributed by atoms with Crippen LogP contribution < -0.4 is 10.6 Å². The minimum Gasteiger partial charge on any atom is -0.360 e. The number of hydrogen-bond donors (Lipinski definition) is 2. The van der Waals surface area contributed by atoms with Crippen molar-refractivity contribution in [2.45, 2.75) is 27.7 Å². The molecule has 4 rings (SSSR count). The Bertz CT molecular complexity index is 1180. The third-order valence-electron chi connectivity index (χ3n) is 5.96. The van der Waals surface area contributed by atoms with E-state index in [-0.39, 0.29) is 18.4 Å². The summed E-state index contributed by atoms with van der Waals surface area (Å²) in [6.07, 6.45) is 0. The zero-order valence-electron chi connectivity index (χ0n) is 20.0. The first-order valence-corrected chi connectivity index (χ1v) is 12.2. The summed E-state index contributed by atoms with van der Waals surface area (Å²) in [4.78, 5) is 33.6. The average Bonchev–Trinajstić information content (AvgIpc) is 3.40. The van der Waals surface area contributed by atoms with E-state index in [0.717, 1.165) is 11.3 Å². The highest BCUT2D eigenvalue weighted by atomic mass is 32.1. The maximum atomic E-state index is 12.6. The third kappa shape index (κ3) is 6.07. The molecule has 1 aromatic carbocycles. The molecule has 0 spiro atoms. The molecular formula is C24H30N6O3S. The van der Waals surface area contributed by atoms with Crippen LogP contribution in [0.3, 0.4) is 0 Å². The molecule has 1 saturated heterocycles. The van der Waals surface area contributed by atoms with Gasteiger partial charge in [-0.1, -0.05) is 11.2 Å². The van der Waals surface area contributed by atoms with Gasteiger partial charge in [-0.3, -0.25) is 19.4 Å². The Morgan fingerprint density at radius 3 is 2.15 bits per heavy atom. The maximum Gasteiger partial charge on any atom is 0.240 e. The Morgan fingerprint density at radius 1 is 0.912 bits per heavy atom. The Morgan fingerprint density at radius 2 is 1.53 bits per heavy atom. The standard InChI is InChI=1S/C24H30N6O3S/c1-15-9-17(3)19(10-16(15)2)20-14-34-24(25-20)27-23(32)13-30-7-5-29(6-8-30)12-22(31)26-21-11-18(4)33-28-21/h9-11,14H,5-8,12-13H2,1-4H3,(H,25,27,32)(H,26,28,31). The summed E-state index contributed by atoms with van der Waals surface area (Å²) in [5, 5.41) is 12.0. The first-order chi connectivity index (χ1) is 16.3. The van der Waals surface area contributed by atoms with Crippen molar-refractivity contribution in [1.82, 2.24) is 19.9 Å². The highest BCUT2D eigenvalue weighted by Crippen LogP contribution is 2.29. The van der Waals surface area contributed by atoms with Crippen LogP contribution in [0, 0.1) is 27.7 Å². The molecule has 9 nitrogen and oxygen atoms in total. The molecule has 10 heteroatoms. The molecule has 3 heterocycles. The zero-order valence-corrected chi connectivity index (χ0v) is 20.8. The van der Waals surface area contributed by atoms with Crippen molar-refractivity contribution in [3.8, 4) is 11.3 Å². The topological polar surface area (TPSA) is 104 Å². The van der Waals surface area contributed by atoms with Crippen molar-refractivity contribution in [3.63, 3.8) is 0 Å². The van der Waals surface area contributed by atoms with E-state index in [2.05, 4.69) is 63.5 Å². The predicted octanol–water partition coefficient (Wildman–Crippen LogP) is 3.23. The number of nitrogens with zero attached hydrogens (tertiary/aromatic N) is 4. The second-order valence-electron chi connectivity index (χ2n) is 8.76. The number of carbonyl (C=O) groups excluding carboxylic acids is 2. The number of amides is 2. The van der Waals surface area contributed by atoms with E-state index in [1.54, 1.807) is 13.0 Å². The van der Waals surface area contributed by atoms with Crippen LogP contribution >= 0.6 is 11.3 Å². The van der Waals surface area contributed by atoms with Crippen LogP contribution in [-0.2, 0) is 9.59 Å². The first kappa shape index (κ1) is 24.1. The van der Waals surface area contributed by atoms with E-state index in [1.165, 1.54) is 28.0 Å². The van der Waals surface area contributed by atoms with E-state index in [4.69, 9.17) is 4.52 Å². The van der Waals surface area contributed by atoms with Gasteiger partial charge in [-0.15, -0.1) is 11.3 Å². The summed E-state index contributed by atoms with van der Waals surface area (Å²) in [5.74, 6) is 0.871. The molecule has 2 amide bonds. The molecule has 0 radical (unpaired) electrons. The normalized spacial score (nSPS) is 14.8. The summed E-state index contributed by atoms with van der Waals surface area (Å²) in [5.41, 5.74) is 5.64. The molecule has 1 aliphatic heterocycles. The Hall–Kier alpha value is -3.08. The fourth-order valence-electron chi connectivity index (χ4n) is 3.97. The minimum atomic E-state index is -0.127. The van der Waals surface area contributed by atoms with Crippen molar-refractivity contribution in [2.24, 2.45) is 0 Å². The van der Waals surface area contributed by atoms with Crippen molar-refractivity contribution >= 4 is 34.1 Å². The zero-order chi connectivity index (χ0) is 24.2. The van der Waals surface area contributed by atoms with Gasteiger partial charge in [-0.05, 0) is 50.5 Å². The van der Waals surface area contributed by atoms with Gasteiger partial charge in [0.2, 0.25) is 11.8 Å². The Kier molecular flexibility index (Phi) is 7.40. The third-order valence-corrected chi connectivity index (χ3v) is 6.72. The lowest BCUT2D eigenvalue weighted by molar-refractivity contribution is -0.120. The molecule has 0 bridgehead atoms. The van der Waals surface area contributed by atoms with E-state index >= 15 is 0 Å². The number of benzene rings is 1. The number of aromatic nitrogens is 2. The van der Waals surface area contributed by atoms with Crippen LogP contribution in [-0.4, -0.2) is 71.0 Å². The first-order valence-electron chi connectivity index (χ1n) is 11.3. The summed E-state index contributed by atoms with van der Waals surface area (Å²) in [6.45, 7) is 11.5. The number of thiazole rings is 1. The summed E-state index contributed by atoms with van der Waals surface area (Å²) in [7, 11) is 0. The van der Waals surface area contributed by atoms with Gasteiger partial charge in [0.05, 0.1) is 18.8 Å².